The van der Waals surface area contributed by atoms with E-state index >= 15 is 0 Å². The fourth-order valence-electron chi connectivity index (χ4n) is 0.723. The fourth-order valence-corrected chi connectivity index (χ4v) is 1.28. The average molecular weight is 261 g/mol. The minimum absolute atomic E-state index is 0.516. The third-order valence-corrected chi connectivity index (χ3v) is 2.16. The Morgan fingerprint density at radius 2 is 2.27 bits per heavy atom. The van der Waals surface area contributed by atoms with E-state index in [-0.39, 0.29) is 0 Å². The topological polar surface area (TPSA) is 26.3 Å². The molecule has 0 aliphatic carbocycles. The van der Waals surface area contributed by atoms with Gasteiger partial charge in [-0.2, -0.15) is 0 Å². The van der Waals surface area contributed by atoms with Crippen LogP contribution in [0.3, 0.4) is 0 Å². The summed E-state index contributed by atoms with van der Waals surface area (Å²) in [4.78, 5) is 10.2. The molecule has 0 saturated carbocycles. The number of methoxy groups -OCH3 is 1. The second-order valence-corrected chi connectivity index (χ2v) is 3.11. The maximum absolute atomic E-state index is 10.2. The first-order chi connectivity index (χ1) is 5.27. The molecular formula is C8H6IO2. The minimum atomic E-state index is 0.516. The van der Waals surface area contributed by atoms with Gasteiger partial charge in [0.1, 0.15) is 5.75 Å². The normalized spacial score (nSPS) is 9.27. The molecule has 0 spiro atoms. The maximum Gasteiger partial charge on any atom is 0.233 e. The highest BCUT2D eigenvalue weighted by Crippen LogP contribution is 2.20. The highest BCUT2D eigenvalue weighted by molar-refractivity contribution is 14.1. The summed E-state index contributed by atoms with van der Waals surface area (Å²) in [5.41, 5.74) is 0.516. The van der Waals surface area contributed by atoms with Crippen LogP contribution in [-0.4, -0.2) is 13.4 Å². The lowest BCUT2D eigenvalue weighted by molar-refractivity contribution is 0.411. The molecule has 0 heterocycles. The summed E-state index contributed by atoms with van der Waals surface area (Å²) in [6.45, 7) is 0. The lowest BCUT2D eigenvalue weighted by atomic mass is 10.2. The van der Waals surface area contributed by atoms with E-state index in [4.69, 9.17) is 4.74 Å². The van der Waals surface area contributed by atoms with Gasteiger partial charge >= 0.3 is 0 Å². The van der Waals surface area contributed by atoms with Crippen LogP contribution in [0.5, 0.6) is 5.75 Å². The molecule has 1 aromatic rings. The molecular weight excluding hydrogens is 255 g/mol. The zero-order valence-corrected chi connectivity index (χ0v) is 8.08. The van der Waals surface area contributed by atoms with Crippen molar-refractivity contribution in [2.24, 2.45) is 0 Å². The summed E-state index contributed by atoms with van der Waals surface area (Å²) in [6.07, 6.45) is 1.80. The third-order valence-electron chi connectivity index (χ3n) is 1.27. The molecule has 1 aromatic carbocycles. The Kier molecular flexibility index (Phi) is 2.87. The smallest absolute Gasteiger partial charge is 0.233 e. The summed E-state index contributed by atoms with van der Waals surface area (Å²) < 4.78 is 5.99. The number of ether oxygens (including phenoxy) is 1. The first kappa shape index (κ1) is 8.52. The number of halogens is 1. The van der Waals surface area contributed by atoms with Gasteiger partial charge < -0.3 is 4.74 Å². The highest BCUT2D eigenvalue weighted by Gasteiger charge is 1.99. The van der Waals surface area contributed by atoms with E-state index in [9.17, 15) is 4.79 Å². The molecule has 0 amide bonds. The molecule has 0 atom stereocenters. The molecule has 1 radical (unpaired) electrons. The van der Waals surface area contributed by atoms with Gasteiger partial charge in [-0.1, -0.05) is 0 Å². The monoisotopic (exact) mass is 261 g/mol. The van der Waals surface area contributed by atoms with Crippen LogP contribution in [-0.2, 0) is 4.79 Å². The van der Waals surface area contributed by atoms with Gasteiger partial charge in [-0.3, -0.25) is 4.79 Å². The Morgan fingerprint density at radius 3 is 2.82 bits per heavy atom. The van der Waals surface area contributed by atoms with Gasteiger partial charge in [0.05, 0.1) is 10.7 Å². The zero-order chi connectivity index (χ0) is 8.27. The van der Waals surface area contributed by atoms with Crippen molar-refractivity contribution < 1.29 is 9.53 Å². The summed E-state index contributed by atoms with van der Waals surface area (Å²) in [7, 11) is 1.58. The van der Waals surface area contributed by atoms with Gasteiger partial charge in [0.2, 0.25) is 6.29 Å². The second-order valence-electron chi connectivity index (χ2n) is 1.95. The van der Waals surface area contributed by atoms with Crippen molar-refractivity contribution in [3.63, 3.8) is 0 Å². The molecule has 1 rings (SSSR count). The van der Waals surface area contributed by atoms with Crippen molar-refractivity contribution in [1.29, 1.82) is 0 Å². The van der Waals surface area contributed by atoms with Gasteiger partial charge in [0, 0.05) is 5.56 Å². The van der Waals surface area contributed by atoms with Crippen LogP contribution < -0.4 is 4.74 Å². The van der Waals surface area contributed by atoms with Crippen LogP contribution >= 0.6 is 22.6 Å². The fraction of sp³-hybridized carbons (Fsp3) is 0.125. The molecule has 57 valence electrons. The molecule has 11 heavy (non-hydrogen) atoms. The van der Waals surface area contributed by atoms with Crippen molar-refractivity contribution in [3.8, 4) is 5.75 Å². The lowest BCUT2D eigenvalue weighted by Gasteiger charge is -2.01. The summed E-state index contributed by atoms with van der Waals surface area (Å²) in [5, 5.41) is 0. The number of hydrogen-bond donors (Lipinski definition) is 0. The van der Waals surface area contributed by atoms with Crippen molar-refractivity contribution in [2.45, 2.75) is 0 Å². The van der Waals surface area contributed by atoms with Gasteiger partial charge in [-0.25, -0.2) is 0 Å². The van der Waals surface area contributed by atoms with E-state index in [1.807, 2.05) is 6.07 Å². The SMILES string of the molecule is COc1cc([C]=O)ccc1I. The predicted octanol–water partition coefficient (Wildman–Crippen LogP) is 1.76. The first-order valence-corrected chi connectivity index (χ1v) is 4.07. The lowest BCUT2D eigenvalue weighted by Crippen LogP contribution is -1.88. The van der Waals surface area contributed by atoms with Gasteiger partial charge in [-0.05, 0) is 40.8 Å². The Morgan fingerprint density at radius 1 is 1.55 bits per heavy atom. The second kappa shape index (κ2) is 3.71. The average Bonchev–Trinajstić information content (AvgIpc) is 2.05. The van der Waals surface area contributed by atoms with Gasteiger partial charge in [0.15, 0.2) is 0 Å². The Hall–Kier alpha value is -0.580. The standard InChI is InChI=1S/C8H6IO2/c1-11-8-4-6(5-10)2-3-7(8)9/h2-4H,1H3. The van der Waals surface area contributed by atoms with Crippen LogP contribution in [0, 0.1) is 3.57 Å². The van der Waals surface area contributed by atoms with Gasteiger partial charge in [-0.15, -0.1) is 0 Å². The summed E-state index contributed by atoms with van der Waals surface area (Å²) in [6, 6.07) is 5.19. The van der Waals surface area contributed by atoms with Crippen LogP contribution in [0.1, 0.15) is 5.56 Å². The summed E-state index contributed by atoms with van der Waals surface area (Å²) in [5.74, 6) is 0.714. The zero-order valence-electron chi connectivity index (χ0n) is 5.93. The highest BCUT2D eigenvalue weighted by atomic mass is 127. The predicted molar refractivity (Wildman–Crippen MR) is 50.5 cm³/mol. The van der Waals surface area contributed by atoms with Crippen LogP contribution in [0.2, 0.25) is 0 Å². The first-order valence-electron chi connectivity index (χ1n) is 2.99. The van der Waals surface area contributed by atoms with E-state index in [1.165, 1.54) is 0 Å². The third kappa shape index (κ3) is 1.92. The van der Waals surface area contributed by atoms with E-state index in [1.54, 1.807) is 25.5 Å². The number of benzene rings is 1. The van der Waals surface area contributed by atoms with E-state index in [0.29, 0.717) is 11.3 Å². The molecule has 0 bridgehead atoms. The molecule has 2 nitrogen and oxygen atoms in total. The van der Waals surface area contributed by atoms with Crippen molar-refractivity contribution in [2.75, 3.05) is 7.11 Å². The molecule has 0 saturated heterocycles. The van der Waals surface area contributed by atoms with E-state index in [2.05, 4.69) is 22.6 Å². The van der Waals surface area contributed by atoms with E-state index < -0.39 is 0 Å². The van der Waals surface area contributed by atoms with Gasteiger partial charge in [0.25, 0.3) is 0 Å². The Bertz CT molecular complexity index is 271. The van der Waals surface area contributed by atoms with Crippen molar-refractivity contribution in [1.82, 2.24) is 0 Å². The molecule has 0 aromatic heterocycles. The molecule has 3 heteroatoms. The van der Waals surface area contributed by atoms with Crippen LogP contribution in [0.15, 0.2) is 18.2 Å². The molecule has 0 N–H and O–H groups in total. The molecule has 0 aliphatic rings. The Labute approximate surface area is 78.7 Å². The number of hydrogen-bond acceptors (Lipinski definition) is 2. The molecule has 0 fully saturated rings. The quantitative estimate of drug-likeness (QED) is 0.758. The van der Waals surface area contributed by atoms with Crippen LogP contribution in [0.4, 0.5) is 0 Å². The molecule has 0 unspecified atom stereocenters. The minimum Gasteiger partial charge on any atom is -0.496 e. The number of carbonyl (C=O) groups excluding carboxylic acids is 1. The summed E-state index contributed by atoms with van der Waals surface area (Å²) >= 11 is 2.14. The largest absolute Gasteiger partial charge is 0.496 e. The van der Waals surface area contributed by atoms with Crippen LogP contribution in [0.25, 0.3) is 0 Å². The van der Waals surface area contributed by atoms with E-state index in [0.717, 1.165) is 3.57 Å². The van der Waals surface area contributed by atoms with Crippen molar-refractivity contribution >= 4 is 28.9 Å². The Balaban J connectivity index is 3.12. The van der Waals surface area contributed by atoms with Crippen molar-refractivity contribution in [3.05, 3.63) is 27.3 Å². The number of rotatable bonds is 2. The molecule has 0 aliphatic heterocycles. The maximum atomic E-state index is 10.2.